The van der Waals surface area contributed by atoms with E-state index in [1.165, 1.54) is 41.9 Å². The van der Waals surface area contributed by atoms with Crippen molar-refractivity contribution in [3.63, 3.8) is 0 Å². The number of rotatable bonds is 3. The lowest BCUT2D eigenvalue weighted by Gasteiger charge is -2.37. The number of imide groups is 1. The van der Waals surface area contributed by atoms with Crippen molar-refractivity contribution in [3.8, 4) is 0 Å². The Morgan fingerprint density at radius 3 is 2.15 bits per heavy atom. The van der Waals surface area contributed by atoms with E-state index in [1.54, 1.807) is 29.2 Å². The van der Waals surface area contributed by atoms with Crippen LogP contribution in [0, 0.1) is 0 Å². The molecule has 2 N–H and O–H groups in total. The van der Waals surface area contributed by atoms with Gasteiger partial charge in [-0.25, -0.2) is 4.90 Å². The molecule has 1 aromatic carbocycles. The highest BCUT2D eigenvalue weighted by molar-refractivity contribution is 6.30. The number of carbonyl (C=O) groups is 2. The molecule has 26 heavy (non-hydrogen) atoms. The summed E-state index contributed by atoms with van der Waals surface area (Å²) in [5.74, 6) is -0.134. The van der Waals surface area contributed by atoms with Crippen LogP contribution in [0.25, 0.3) is 0 Å². The van der Waals surface area contributed by atoms with E-state index in [2.05, 4.69) is 0 Å². The summed E-state index contributed by atoms with van der Waals surface area (Å²) in [5, 5.41) is 0.608. The molecular weight excluding hydrogens is 350 g/mol. The smallest absolute Gasteiger partial charge is 0.292 e. The quantitative estimate of drug-likeness (QED) is 0.733. The topological polar surface area (TPSA) is 46.3 Å². The van der Waals surface area contributed by atoms with Crippen LogP contribution in [0.4, 0.5) is 5.69 Å². The second-order valence-corrected chi connectivity index (χ2v) is 8.39. The molecule has 0 aromatic heterocycles. The SMILES string of the molecule is O=C1C[C@H]([NH+]2CC[NH+](C3CCCCC3)CC2)C(=O)N1c1ccc(Cl)cc1. The van der Waals surface area contributed by atoms with E-state index in [-0.39, 0.29) is 17.9 Å². The van der Waals surface area contributed by atoms with Crippen LogP contribution >= 0.6 is 11.6 Å². The van der Waals surface area contributed by atoms with Crippen molar-refractivity contribution in [1.82, 2.24) is 0 Å². The second kappa shape index (κ2) is 7.67. The fraction of sp³-hybridized carbons (Fsp3) is 0.600. The summed E-state index contributed by atoms with van der Waals surface area (Å²) in [7, 11) is 0. The third-order valence-electron chi connectivity index (χ3n) is 6.44. The minimum atomic E-state index is -0.217. The first-order chi connectivity index (χ1) is 12.6. The van der Waals surface area contributed by atoms with E-state index in [1.807, 2.05) is 0 Å². The fourth-order valence-electron chi connectivity index (χ4n) is 4.97. The van der Waals surface area contributed by atoms with Crippen molar-refractivity contribution in [3.05, 3.63) is 29.3 Å². The van der Waals surface area contributed by atoms with Crippen LogP contribution in [-0.4, -0.2) is 50.1 Å². The van der Waals surface area contributed by atoms with E-state index in [4.69, 9.17) is 11.6 Å². The number of hydrogen-bond acceptors (Lipinski definition) is 2. The van der Waals surface area contributed by atoms with Gasteiger partial charge in [-0.15, -0.1) is 0 Å². The lowest BCUT2D eigenvalue weighted by molar-refractivity contribution is -1.03. The third kappa shape index (κ3) is 3.53. The molecular formula is C20H28ClN3O2+2. The summed E-state index contributed by atoms with van der Waals surface area (Å²) < 4.78 is 0. The highest BCUT2D eigenvalue weighted by Gasteiger charge is 2.47. The number of nitrogens with zero attached hydrogens (tertiary/aromatic N) is 1. The molecule has 1 saturated carbocycles. The molecule has 3 fully saturated rings. The monoisotopic (exact) mass is 377 g/mol. The van der Waals surface area contributed by atoms with E-state index in [0.717, 1.165) is 32.2 Å². The predicted octanol–water partition coefficient (Wildman–Crippen LogP) is 0.0880. The van der Waals surface area contributed by atoms with Gasteiger partial charge in [0.25, 0.3) is 5.91 Å². The maximum Gasteiger partial charge on any atom is 0.292 e. The van der Waals surface area contributed by atoms with Gasteiger partial charge >= 0.3 is 0 Å². The van der Waals surface area contributed by atoms with Crippen molar-refractivity contribution in [2.45, 2.75) is 50.6 Å². The van der Waals surface area contributed by atoms with Gasteiger partial charge in [0.05, 0.1) is 18.2 Å². The minimum Gasteiger partial charge on any atom is -0.323 e. The molecule has 1 aromatic rings. The van der Waals surface area contributed by atoms with Crippen molar-refractivity contribution in [2.24, 2.45) is 0 Å². The first kappa shape index (κ1) is 18.0. The fourth-order valence-corrected chi connectivity index (χ4v) is 5.10. The van der Waals surface area contributed by atoms with Crippen LogP contribution in [0.1, 0.15) is 38.5 Å². The van der Waals surface area contributed by atoms with Gasteiger partial charge < -0.3 is 9.80 Å². The third-order valence-corrected chi connectivity index (χ3v) is 6.69. The van der Waals surface area contributed by atoms with Gasteiger partial charge in [-0.3, -0.25) is 9.59 Å². The molecule has 0 radical (unpaired) electrons. The average molecular weight is 378 g/mol. The zero-order chi connectivity index (χ0) is 18.1. The number of halogens is 1. The Kier molecular flexibility index (Phi) is 5.30. The number of amides is 2. The van der Waals surface area contributed by atoms with Crippen molar-refractivity contribution in [1.29, 1.82) is 0 Å². The Hall–Kier alpha value is -1.43. The largest absolute Gasteiger partial charge is 0.323 e. The maximum atomic E-state index is 12.9. The molecule has 6 heteroatoms. The van der Waals surface area contributed by atoms with Crippen molar-refractivity contribution >= 4 is 29.1 Å². The highest BCUT2D eigenvalue weighted by Crippen LogP contribution is 2.23. The number of hydrogen-bond donors (Lipinski definition) is 2. The molecule has 5 nitrogen and oxygen atoms in total. The molecule has 2 amide bonds. The number of nitrogens with one attached hydrogen (secondary N) is 2. The first-order valence-corrected chi connectivity index (χ1v) is 10.3. The van der Waals surface area contributed by atoms with E-state index >= 15 is 0 Å². The molecule has 140 valence electrons. The molecule has 0 unspecified atom stereocenters. The van der Waals surface area contributed by atoms with Gasteiger partial charge in [-0.05, 0) is 49.9 Å². The summed E-state index contributed by atoms with van der Waals surface area (Å²) in [6.07, 6.45) is 7.18. The Bertz CT molecular complexity index is 664. The minimum absolute atomic E-state index is 0.0477. The van der Waals surface area contributed by atoms with Crippen molar-refractivity contribution < 1.29 is 19.4 Å². The molecule has 4 rings (SSSR count). The normalized spacial score (nSPS) is 30.8. The Labute approximate surface area is 159 Å². The molecule has 2 heterocycles. The first-order valence-electron chi connectivity index (χ1n) is 9.95. The summed E-state index contributed by atoms with van der Waals surface area (Å²) >= 11 is 5.92. The summed E-state index contributed by atoms with van der Waals surface area (Å²) in [6.45, 7) is 4.23. The van der Waals surface area contributed by atoms with Gasteiger partial charge in [-0.1, -0.05) is 18.0 Å². The number of quaternary nitrogens is 2. The average Bonchev–Trinajstić information content (AvgIpc) is 2.98. The van der Waals surface area contributed by atoms with Crippen LogP contribution in [0.15, 0.2) is 24.3 Å². The molecule has 0 bridgehead atoms. The van der Waals surface area contributed by atoms with E-state index < -0.39 is 0 Å². The lowest BCUT2D eigenvalue weighted by atomic mass is 9.93. The van der Waals surface area contributed by atoms with Gasteiger partial charge in [0.2, 0.25) is 5.91 Å². The van der Waals surface area contributed by atoms with Gasteiger partial charge in [0.1, 0.15) is 26.2 Å². The lowest BCUT2D eigenvalue weighted by Crippen LogP contribution is -3.31. The number of benzene rings is 1. The molecule has 2 aliphatic heterocycles. The molecule has 2 saturated heterocycles. The molecule has 1 atom stereocenters. The number of carbonyl (C=O) groups excluding carboxylic acids is 2. The zero-order valence-electron chi connectivity index (χ0n) is 15.2. The number of piperazine rings is 1. The molecule has 3 aliphatic rings. The van der Waals surface area contributed by atoms with Crippen LogP contribution in [0.2, 0.25) is 5.02 Å². The van der Waals surface area contributed by atoms with Gasteiger partial charge in [-0.2, -0.15) is 0 Å². The van der Waals surface area contributed by atoms with Crippen LogP contribution in [0.5, 0.6) is 0 Å². The summed E-state index contributed by atoms with van der Waals surface area (Å²) in [5.41, 5.74) is 0.637. The summed E-state index contributed by atoms with van der Waals surface area (Å²) in [6, 6.07) is 7.55. The predicted molar refractivity (Wildman–Crippen MR) is 101 cm³/mol. The molecule has 1 aliphatic carbocycles. The maximum absolute atomic E-state index is 12.9. The van der Waals surface area contributed by atoms with Crippen LogP contribution in [-0.2, 0) is 9.59 Å². The molecule has 0 spiro atoms. The standard InChI is InChI=1S/C20H26ClN3O2/c21-15-6-8-17(9-7-15)24-19(25)14-18(20(24)26)23-12-10-22(11-13-23)16-4-2-1-3-5-16/h6-9,16,18H,1-5,10-14H2/p+2/t18-/m0/s1. The van der Waals surface area contributed by atoms with E-state index in [0.29, 0.717) is 17.1 Å². The Morgan fingerprint density at radius 1 is 0.885 bits per heavy atom. The zero-order valence-corrected chi connectivity index (χ0v) is 15.9. The van der Waals surface area contributed by atoms with Gasteiger partial charge in [0.15, 0.2) is 6.04 Å². The second-order valence-electron chi connectivity index (χ2n) is 7.95. The Morgan fingerprint density at radius 2 is 1.50 bits per heavy atom. The van der Waals surface area contributed by atoms with Crippen molar-refractivity contribution in [2.75, 3.05) is 31.1 Å². The van der Waals surface area contributed by atoms with Crippen LogP contribution in [0.3, 0.4) is 0 Å². The van der Waals surface area contributed by atoms with Crippen LogP contribution < -0.4 is 14.7 Å². The highest BCUT2D eigenvalue weighted by atomic mass is 35.5. The number of anilines is 1. The van der Waals surface area contributed by atoms with Gasteiger partial charge in [0, 0.05) is 5.02 Å². The summed E-state index contributed by atoms with van der Waals surface area (Å²) in [4.78, 5) is 29.8. The van der Waals surface area contributed by atoms with E-state index in [9.17, 15) is 9.59 Å². The Balaban J connectivity index is 1.39.